The molecular weight excluding hydrogens is 1760 g/mol. The third-order valence-corrected chi connectivity index (χ3v) is 30.7. The van der Waals surface area contributed by atoms with Crippen molar-refractivity contribution >= 4 is 117 Å². The Labute approximate surface area is 851 Å². The highest BCUT2D eigenvalue weighted by molar-refractivity contribution is 6.95. The summed E-state index contributed by atoms with van der Waals surface area (Å²) >= 11 is 0. The van der Waals surface area contributed by atoms with Crippen LogP contribution in [0, 0.1) is 0 Å². The molecule has 676 valence electrons. The Balaban J connectivity index is 0.0000000945. The SMILES string of the molecule is c1ccc(-c2ccc(-c3ccc4c(c3)-c3ccccc3B3c5ccccc5-c5ccccc5N34)cc2)nc1.c1ccc2c(c1)B1c3ccccc3-c3cc(-c4ccc(-c5ccncc5)cc4)ccc3N1c1ccccc1-2.c1ccc2c(c1)B1c3ccccc3-c3cc(-c4ccncc4)ccc3N1c1ccccc1-2.c1cncc(-c2ccc(-c3ccc4c(c3)-c3ccccc3B3c5ccccc5-c5ccccc5N34)cc2)c1. The van der Waals surface area contributed by atoms with Crippen LogP contribution in [0.2, 0.25) is 0 Å². The lowest BCUT2D eigenvalue weighted by Gasteiger charge is -2.43. The minimum atomic E-state index is 0.147. The van der Waals surface area contributed by atoms with Crippen molar-refractivity contribution in [2.24, 2.45) is 0 Å². The zero-order valence-corrected chi connectivity index (χ0v) is 79.7. The number of aromatic nitrogens is 4. The third kappa shape index (κ3) is 14.3. The van der Waals surface area contributed by atoms with Crippen molar-refractivity contribution in [2.45, 2.75) is 0 Å². The van der Waals surface area contributed by atoms with E-state index < -0.39 is 0 Å². The number of pyridine rings is 4. The largest absolute Gasteiger partial charge is 0.376 e. The molecule has 146 heavy (non-hydrogen) atoms. The molecule has 0 unspecified atom stereocenters. The molecule has 4 aromatic heterocycles. The number of nitrogens with zero attached hydrogens (tertiary/aromatic N) is 8. The maximum absolute atomic E-state index is 4.50. The first-order chi connectivity index (χ1) is 72.5. The second-order valence-corrected chi connectivity index (χ2v) is 38.4. The van der Waals surface area contributed by atoms with Crippen LogP contribution < -0.4 is 62.9 Å². The summed E-state index contributed by atoms with van der Waals surface area (Å²) < 4.78 is 0. The normalized spacial score (nSPS) is 12.7. The van der Waals surface area contributed by atoms with Gasteiger partial charge in [-0.3, -0.25) is 19.9 Å². The first-order valence-corrected chi connectivity index (χ1v) is 50.3. The van der Waals surface area contributed by atoms with Crippen LogP contribution in [0.4, 0.5) is 45.5 Å². The van der Waals surface area contributed by atoms with Gasteiger partial charge in [-0.25, -0.2) is 0 Å². The van der Waals surface area contributed by atoms with Gasteiger partial charge in [-0.05, 0) is 270 Å². The van der Waals surface area contributed by atoms with E-state index in [2.05, 4.69) is 512 Å². The summed E-state index contributed by atoms with van der Waals surface area (Å²) in [5.74, 6) is 0. The molecule has 0 amide bonds. The molecule has 19 aromatic carbocycles. The number of benzene rings is 19. The summed E-state index contributed by atoms with van der Waals surface area (Å²) in [5.41, 5.74) is 58.3. The number of para-hydroxylation sites is 4. The summed E-state index contributed by atoms with van der Waals surface area (Å²) in [6.45, 7) is 0.606. The number of hydrogen-bond acceptors (Lipinski definition) is 8. The molecule has 0 saturated heterocycles. The van der Waals surface area contributed by atoms with Gasteiger partial charge < -0.3 is 19.2 Å². The van der Waals surface area contributed by atoms with Crippen LogP contribution in [0.25, 0.3) is 167 Å². The second-order valence-electron chi connectivity index (χ2n) is 38.4. The number of hydrogen-bond donors (Lipinski definition) is 0. The summed E-state index contributed by atoms with van der Waals surface area (Å²) in [4.78, 5) is 27.3. The maximum atomic E-state index is 4.50. The summed E-state index contributed by atoms with van der Waals surface area (Å²) in [6.07, 6.45) is 13.0. The van der Waals surface area contributed by atoms with Crippen molar-refractivity contribution in [1.29, 1.82) is 0 Å². The highest BCUT2D eigenvalue weighted by atomic mass is 15.1. The van der Waals surface area contributed by atoms with Gasteiger partial charge in [0.2, 0.25) is 0 Å². The second kappa shape index (κ2) is 35.8. The lowest BCUT2D eigenvalue weighted by atomic mass is 9.43. The van der Waals surface area contributed by atoms with Crippen molar-refractivity contribution in [1.82, 2.24) is 19.9 Å². The molecule has 0 fully saturated rings. The van der Waals surface area contributed by atoms with Crippen molar-refractivity contribution in [2.75, 3.05) is 19.2 Å². The van der Waals surface area contributed by atoms with Crippen LogP contribution in [0.1, 0.15) is 0 Å². The molecule has 8 nitrogen and oxygen atoms in total. The van der Waals surface area contributed by atoms with Gasteiger partial charge in [-0.15, -0.1) is 0 Å². The van der Waals surface area contributed by atoms with E-state index in [0.717, 1.165) is 16.8 Å². The molecule has 12 heterocycles. The minimum absolute atomic E-state index is 0.147. The zero-order valence-electron chi connectivity index (χ0n) is 79.7. The van der Waals surface area contributed by atoms with E-state index in [9.17, 15) is 0 Å². The summed E-state index contributed by atoms with van der Waals surface area (Å²) in [5, 5.41) is 0. The maximum Gasteiger partial charge on any atom is 0.329 e. The average Bonchev–Trinajstić information content (AvgIpc) is 0.719. The summed E-state index contributed by atoms with van der Waals surface area (Å²) in [6, 6.07) is 179. The van der Waals surface area contributed by atoms with Crippen molar-refractivity contribution in [3.63, 3.8) is 0 Å². The van der Waals surface area contributed by atoms with Gasteiger partial charge in [0.05, 0.1) is 5.69 Å². The van der Waals surface area contributed by atoms with Gasteiger partial charge in [-0.1, -0.05) is 376 Å². The summed E-state index contributed by atoms with van der Waals surface area (Å²) in [7, 11) is 0. The molecule has 12 heteroatoms. The molecule has 8 aliphatic heterocycles. The topological polar surface area (TPSA) is 64.5 Å². The monoisotopic (exact) mass is 1850 g/mol. The van der Waals surface area contributed by atoms with E-state index in [0.29, 0.717) is 0 Å². The van der Waals surface area contributed by atoms with Gasteiger partial charge in [-0.2, -0.15) is 0 Å². The van der Waals surface area contributed by atoms with E-state index in [-0.39, 0.29) is 27.4 Å². The number of anilines is 8. The fraction of sp³-hybridized carbons (Fsp3) is 0. The molecule has 0 radical (unpaired) electrons. The standard InChI is InChI=1S/3C35H23BN2.C29H19BN2/c1-4-12-31-27(9-1)29-11-3-6-15-34(29)38-35-21-20-26(23-30(35)28-10-2-5-13-32(28)36(31)38)24-16-18-25(19-17-24)33-14-7-8-22-37-33;1-4-12-32-28(9-1)30-11-3-6-14-34(30)38-35-20-19-26(22-31(35)29-10-2-5-13-33(29)36(32)38)24-15-17-25(18-16-24)27-8-7-21-37-23-27;1-4-10-32-28(7-1)30-9-3-6-12-34(30)38-35-18-17-27(23-31(35)29-8-2-5-11-33(29)36(32)38)25-15-13-24(14-16-25)26-19-21-37-22-20-26;1-4-10-26-22(7-1)24-9-3-6-12-28(24)32-29-14-13-21(20-15-17-31-18-16-20)19-25(29)23-8-2-5-11-27(23)30(26)32/h3*1-23H;1-19H. The molecule has 31 rings (SSSR count). The quantitative estimate of drug-likeness (QED) is 0.146. The Bertz CT molecular complexity index is 8410. The smallest absolute Gasteiger partial charge is 0.329 e. The first-order valence-electron chi connectivity index (χ1n) is 50.3. The predicted molar refractivity (Wildman–Crippen MR) is 613 cm³/mol. The fourth-order valence-corrected chi connectivity index (χ4v) is 24.2. The van der Waals surface area contributed by atoms with Crippen LogP contribution in [-0.4, -0.2) is 47.3 Å². The Morgan fingerprint density at radius 3 is 0.610 bits per heavy atom. The molecule has 0 aliphatic carbocycles. The molecule has 8 aliphatic rings. The van der Waals surface area contributed by atoms with Gasteiger partial charge in [0.1, 0.15) is 0 Å². The molecule has 0 spiro atoms. The van der Waals surface area contributed by atoms with Gasteiger partial charge in [0, 0.05) is 139 Å². The van der Waals surface area contributed by atoms with Crippen LogP contribution in [0.5, 0.6) is 0 Å². The van der Waals surface area contributed by atoms with Crippen LogP contribution in [0.15, 0.2) is 535 Å². The van der Waals surface area contributed by atoms with Crippen LogP contribution >= 0.6 is 0 Å². The molecule has 23 aromatic rings. The van der Waals surface area contributed by atoms with Crippen molar-refractivity contribution < 1.29 is 0 Å². The van der Waals surface area contributed by atoms with Crippen molar-refractivity contribution in [3.8, 4) is 167 Å². The highest BCUT2D eigenvalue weighted by Crippen LogP contribution is 2.54. The van der Waals surface area contributed by atoms with E-state index in [4.69, 9.17) is 0 Å². The Kier molecular flexibility index (Phi) is 20.9. The molecule has 0 bridgehead atoms. The van der Waals surface area contributed by atoms with Gasteiger partial charge in [0.15, 0.2) is 0 Å². The number of fused-ring (bicyclic) bond motifs is 44. The van der Waals surface area contributed by atoms with Crippen LogP contribution in [0.3, 0.4) is 0 Å². The molecular formula is C134H88B4N8. The minimum Gasteiger partial charge on any atom is -0.376 e. The molecule has 0 atom stereocenters. The van der Waals surface area contributed by atoms with E-state index in [1.807, 2.05) is 61.6 Å². The highest BCUT2D eigenvalue weighted by Gasteiger charge is 2.47. The lowest BCUT2D eigenvalue weighted by molar-refractivity contribution is 1.32. The predicted octanol–water partition coefficient (Wildman–Crippen LogP) is 27.6. The fourth-order valence-electron chi connectivity index (χ4n) is 24.2. The van der Waals surface area contributed by atoms with Crippen molar-refractivity contribution in [3.05, 3.63) is 535 Å². The zero-order chi connectivity index (χ0) is 96.2. The molecule has 0 saturated carbocycles. The van der Waals surface area contributed by atoms with E-state index in [1.54, 1.807) is 0 Å². The Hall–Kier alpha value is -18.8. The van der Waals surface area contributed by atoms with Gasteiger partial charge >= 0.3 is 27.4 Å². The van der Waals surface area contributed by atoms with E-state index in [1.165, 1.54) is 239 Å². The van der Waals surface area contributed by atoms with E-state index >= 15 is 0 Å². The molecule has 0 N–H and O–H groups in total. The Morgan fingerprint density at radius 2 is 0.342 bits per heavy atom. The Morgan fingerprint density at radius 1 is 0.130 bits per heavy atom. The first kappa shape index (κ1) is 85.2. The lowest BCUT2D eigenvalue weighted by Crippen LogP contribution is -2.59. The average molecular weight is 1850 g/mol. The van der Waals surface area contributed by atoms with Gasteiger partial charge in [0.25, 0.3) is 0 Å². The van der Waals surface area contributed by atoms with Crippen LogP contribution in [-0.2, 0) is 0 Å². The third-order valence-electron chi connectivity index (χ3n) is 30.7. The number of rotatable bonds is 7.